The van der Waals surface area contributed by atoms with Crippen LogP contribution in [0.5, 0.6) is 5.75 Å². The normalized spacial score (nSPS) is 12.1. The van der Waals surface area contributed by atoms with Crippen LogP contribution in [0.25, 0.3) is 0 Å². The van der Waals surface area contributed by atoms with Crippen LogP contribution in [0.4, 0.5) is 0 Å². The fourth-order valence-corrected chi connectivity index (χ4v) is 1.49. The summed E-state index contributed by atoms with van der Waals surface area (Å²) in [5.41, 5.74) is -0.562. The van der Waals surface area contributed by atoms with Crippen LogP contribution >= 0.6 is 0 Å². The van der Waals surface area contributed by atoms with E-state index in [9.17, 15) is 9.90 Å². The number of carbonyl (C=O) groups excluding carboxylic acids is 1. The molecular weight excluding hydrogens is 242 g/mol. The quantitative estimate of drug-likeness (QED) is 0.878. The highest BCUT2D eigenvalue weighted by molar-refractivity contribution is 5.97. The van der Waals surface area contributed by atoms with Crippen LogP contribution in [0.3, 0.4) is 0 Å². The summed E-state index contributed by atoms with van der Waals surface area (Å²) in [6.07, 6.45) is 0. The maximum atomic E-state index is 12.2. The van der Waals surface area contributed by atoms with Crippen LogP contribution < -0.4 is 10.1 Å². The first-order valence-electron chi connectivity index (χ1n) is 6.36. The largest absolute Gasteiger partial charge is 0.487 e. The minimum atomic E-state index is -0.661. The van der Waals surface area contributed by atoms with E-state index in [1.54, 1.807) is 32.0 Å². The van der Waals surface area contributed by atoms with E-state index >= 15 is 0 Å². The van der Waals surface area contributed by atoms with Crippen molar-refractivity contribution in [2.75, 3.05) is 6.61 Å². The Morgan fingerprint density at radius 3 is 2.32 bits per heavy atom. The second-order valence-electron chi connectivity index (χ2n) is 6.21. The highest BCUT2D eigenvalue weighted by Crippen LogP contribution is 2.23. The molecular formula is C15H23NO3. The third-order valence-electron chi connectivity index (χ3n) is 2.40. The van der Waals surface area contributed by atoms with Gasteiger partial charge in [-0.2, -0.15) is 0 Å². The van der Waals surface area contributed by atoms with E-state index in [-0.39, 0.29) is 18.1 Å². The van der Waals surface area contributed by atoms with Crippen LogP contribution in [0, 0.1) is 0 Å². The predicted molar refractivity (Wildman–Crippen MR) is 75.5 cm³/mol. The molecule has 0 unspecified atom stereocenters. The zero-order chi connectivity index (χ0) is 14.7. The van der Waals surface area contributed by atoms with E-state index in [0.717, 1.165) is 0 Å². The molecule has 4 heteroatoms. The summed E-state index contributed by atoms with van der Waals surface area (Å²) >= 11 is 0. The van der Waals surface area contributed by atoms with Gasteiger partial charge in [0.05, 0.1) is 17.7 Å². The van der Waals surface area contributed by atoms with Crippen molar-refractivity contribution in [3.05, 3.63) is 29.8 Å². The minimum absolute atomic E-state index is 0.124. The van der Waals surface area contributed by atoms with Gasteiger partial charge in [0, 0.05) is 0 Å². The SMILES string of the molecule is CC(C)(CO)NC(=O)c1ccccc1OC(C)(C)C. The van der Waals surface area contributed by atoms with Gasteiger partial charge in [-0.25, -0.2) is 0 Å². The lowest BCUT2D eigenvalue weighted by Gasteiger charge is -2.26. The average molecular weight is 265 g/mol. The van der Waals surface area contributed by atoms with Gasteiger partial charge in [0.25, 0.3) is 5.91 Å². The first kappa shape index (κ1) is 15.5. The fourth-order valence-electron chi connectivity index (χ4n) is 1.49. The molecule has 1 aromatic carbocycles. The maximum absolute atomic E-state index is 12.2. The standard InChI is InChI=1S/C15H23NO3/c1-14(2,3)19-12-9-7-6-8-11(12)13(18)16-15(4,5)10-17/h6-9,17H,10H2,1-5H3,(H,16,18). The summed E-state index contributed by atoms with van der Waals surface area (Å²) in [5.74, 6) is 0.292. The van der Waals surface area contributed by atoms with E-state index in [2.05, 4.69) is 5.32 Å². The number of amides is 1. The number of aliphatic hydroxyl groups excluding tert-OH is 1. The summed E-state index contributed by atoms with van der Waals surface area (Å²) in [6.45, 7) is 9.19. The van der Waals surface area contributed by atoms with Crippen molar-refractivity contribution in [3.63, 3.8) is 0 Å². The number of nitrogens with one attached hydrogen (secondary N) is 1. The zero-order valence-electron chi connectivity index (χ0n) is 12.3. The summed E-state index contributed by atoms with van der Waals surface area (Å²) in [7, 11) is 0. The maximum Gasteiger partial charge on any atom is 0.255 e. The molecule has 0 saturated heterocycles. The molecule has 19 heavy (non-hydrogen) atoms. The van der Waals surface area contributed by atoms with Gasteiger partial charge >= 0.3 is 0 Å². The molecule has 0 bridgehead atoms. The lowest BCUT2D eigenvalue weighted by atomic mass is 10.1. The molecule has 0 aliphatic carbocycles. The number of hydrogen-bond acceptors (Lipinski definition) is 3. The zero-order valence-corrected chi connectivity index (χ0v) is 12.3. The molecule has 106 valence electrons. The van der Waals surface area contributed by atoms with E-state index in [1.165, 1.54) is 0 Å². The predicted octanol–water partition coefficient (Wildman–Crippen LogP) is 2.36. The van der Waals surface area contributed by atoms with Crippen LogP contribution in [-0.2, 0) is 0 Å². The van der Waals surface area contributed by atoms with Gasteiger partial charge in [-0.15, -0.1) is 0 Å². The Morgan fingerprint density at radius 2 is 1.79 bits per heavy atom. The van der Waals surface area contributed by atoms with Crippen molar-refractivity contribution in [1.29, 1.82) is 0 Å². The number of benzene rings is 1. The van der Waals surface area contributed by atoms with Gasteiger partial charge in [0.15, 0.2) is 0 Å². The summed E-state index contributed by atoms with van der Waals surface area (Å²) in [5, 5.41) is 12.0. The first-order valence-corrected chi connectivity index (χ1v) is 6.36. The molecule has 0 spiro atoms. The van der Waals surface area contributed by atoms with Crippen LogP contribution in [0.15, 0.2) is 24.3 Å². The number of aliphatic hydroxyl groups is 1. The Balaban J connectivity index is 2.97. The Bertz CT molecular complexity index is 447. The molecule has 0 aliphatic rings. The van der Waals surface area contributed by atoms with Crippen LogP contribution in [0.1, 0.15) is 45.0 Å². The van der Waals surface area contributed by atoms with Crippen LogP contribution in [0.2, 0.25) is 0 Å². The number of ether oxygens (including phenoxy) is 1. The number of hydrogen-bond donors (Lipinski definition) is 2. The van der Waals surface area contributed by atoms with Gasteiger partial charge in [-0.05, 0) is 46.8 Å². The van der Waals surface area contributed by atoms with Gasteiger partial charge in [-0.1, -0.05) is 12.1 Å². The summed E-state index contributed by atoms with van der Waals surface area (Å²) < 4.78 is 5.78. The summed E-state index contributed by atoms with van der Waals surface area (Å²) in [4.78, 5) is 12.2. The molecule has 0 heterocycles. The average Bonchev–Trinajstić information content (AvgIpc) is 2.27. The van der Waals surface area contributed by atoms with E-state index in [1.807, 2.05) is 26.8 Å². The van der Waals surface area contributed by atoms with Gasteiger partial charge in [0.1, 0.15) is 11.4 Å². The topological polar surface area (TPSA) is 58.6 Å². The minimum Gasteiger partial charge on any atom is -0.487 e. The Morgan fingerprint density at radius 1 is 1.21 bits per heavy atom. The molecule has 0 atom stereocenters. The molecule has 2 N–H and O–H groups in total. The smallest absolute Gasteiger partial charge is 0.255 e. The molecule has 0 aliphatic heterocycles. The van der Waals surface area contributed by atoms with Crippen molar-refractivity contribution < 1.29 is 14.6 Å². The third-order valence-corrected chi connectivity index (χ3v) is 2.40. The molecule has 1 amide bonds. The summed E-state index contributed by atoms with van der Waals surface area (Å²) in [6, 6.07) is 7.10. The highest BCUT2D eigenvalue weighted by atomic mass is 16.5. The van der Waals surface area contributed by atoms with Gasteiger partial charge < -0.3 is 15.2 Å². The molecule has 1 aromatic rings. The first-order chi connectivity index (χ1) is 8.64. The fraction of sp³-hybridized carbons (Fsp3) is 0.533. The number of para-hydroxylation sites is 1. The van der Waals surface area contributed by atoms with Gasteiger partial charge in [-0.3, -0.25) is 4.79 Å². The molecule has 1 rings (SSSR count). The number of rotatable bonds is 4. The van der Waals surface area contributed by atoms with Crippen molar-refractivity contribution >= 4 is 5.91 Å². The van der Waals surface area contributed by atoms with Crippen molar-refractivity contribution in [1.82, 2.24) is 5.32 Å². The molecule has 0 fully saturated rings. The lowest BCUT2D eigenvalue weighted by Crippen LogP contribution is -2.46. The van der Waals surface area contributed by atoms with Crippen molar-refractivity contribution in [3.8, 4) is 5.75 Å². The second-order valence-corrected chi connectivity index (χ2v) is 6.21. The molecule has 0 aromatic heterocycles. The van der Waals surface area contributed by atoms with E-state index in [0.29, 0.717) is 11.3 Å². The monoisotopic (exact) mass is 265 g/mol. The third kappa shape index (κ3) is 4.91. The van der Waals surface area contributed by atoms with E-state index in [4.69, 9.17) is 4.74 Å². The lowest BCUT2D eigenvalue weighted by molar-refractivity contribution is 0.0852. The second kappa shape index (κ2) is 5.61. The molecule has 0 saturated carbocycles. The van der Waals surface area contributed by atoms with E-state index < -0.39 is 5.54 Å². The van der Waals surface area contributed by atoms with Crippen molar-refractivity contribution in [2.24, 2.45) is 0 Å². The van der Waals surface area contributed by atoms with Crippen LogP contribution in [-0.4, -0.2) is 28.8 Å². The Labute approximate surface area is 114 Å². The Kier molecular flexibility index (Phi) is 4.58. The highest BCUT2D eigenvalue weighted by Gasteiger charge is 2.23. The molecule has 4 nitrogen and oxygen atoms in total. The molecule has 0 radical (unpaired) electrons. The number of carbonyl (C=O) groups is 1. The Hall–Kier alpha value is -1.55. The van der Waals surface area contributed by atoms with Crippen molar-refractivity contribution in [2.45, 2.75) is 45.8 Å². The van der Waals surface area contributed by atoms with Gasteiger partial charge in [0.2, 0.25) is 0 Å².